The molecule has 0 saturated heterocycles. The predicted molar refractivity (Wildman–Crippen MR) is 92.4 cm³/mol. The van der Waals surface area contributed by atoms with E-state index in [4.69, 9.17) is 0 Å². The van der Waals surface area contributed by atoms with Crippen LogP contribution in [0.1, 0.15) is 10.5 Å². The molecule has 1 amide bonds. The lowest BCUT2D eigenvalue weighted by atomic mass is 10.2. The molecule has 7 nitrogen and oxygen atoms in total. The Morgan fingerprint density at radius 2 is 2.25 bits per heavy atom. The van der Waals surface area contributed by atoms with Crippen LogP contribution in [0, 0.1) is 0 Å². The molecule has 1 N–H and O–H groups in total. The molecule has 2 heterocycles. The van der Waals surface area contributed by atoms with Crippen LogP contribution in [0.3, 0.4) is 0 Å². The summed E-state index contributed by atoms with van der Waals surface area (Å²) >= 11 is 3.39. The van der Waals surface area contributed by atoms with Crippen LogP contribution in [0.25, 0.3) is 10.9 Å². The molecule has 0 saturated carbocycles. The van der Waals surface area contributed by atoms with E-state index in [-0.39, 0.29) is 17.3 Å². The topological polar surface area (TPSA) is 92.7 Å². The van der Waals surface area contributed by atoms with Gasteiger partial charge in [0.05, 0.1) is 11.7 Å². The van der Waals surface area contributed by atoms with E-state index in [1.807, 2.05) is 12.1 Å². The molecule has 3 aromatic rings. The fourth-order valence-electron chi connectivity index (χ4n) is 2.26. The van der Waals surface area contributed by atoms with Crippen molar-refractivity contribution in [2.45, 2.75) is 6.54 Å². The van der Waals surface area contributed by atoms with Crippen LogP contribution >= 0.6 is 15.9 Å². The van der Waals surface area contributed by atoms with Crippen molar-refractivity contribution < 1.29 is 9.90 Å². The molecule has 0 aliphatic carbocycles. The van der Waals surface area contributed by atoms with Gasteiger partial charge in [-0.15, -0.1) is 16.8 Å². The molecule has 0 spiro atoms. The lowest BCUT2D eigenvalue weighted by molar-refractivity contribution is 0.0990. The molecule has 0 aliphatic heterocycles. The number of aromatic hydroxyl groups is 1. The summed E-state index contributed by atoms with van der Waals surface area (Å²) in [6, 6.07) is 5.49. The molecule has 0 atom stereocenters. The lowest BCUT2D eigenvalue weighted by Gasteiger charge is -2.02. The van der Waals surface area contributed by atoms with E-state index in [0.717, 1.165) is 9.99 Å². The number of carbonyl (C=O) groups excluding carboxylic acids is 1. The monoisotopic (exact) mass is 385 g/mol. The number of aromatic nitrogens is 3. The van der Waals surface area contributed by atoms with Crippen molar-refractivity contribution in [2.24, 2.45) is 10.2 Å². The molecule has 0 aliphatic rings. The summed E-state index contributed by atoms with van der Waals surface area (Å²) in [6.45, 7) is 4.08. The summed E-state index contributed by atoms with van der Waals surface area (Å²) in [6.07, 6.45) is 5.82. The zero-order valence-corrected chi connectivity index (χ0v) is 14.0. The number of carbonyl (C=O) groups is 1. The lowest BCUT2D eigenvalue weighted by Crippen LogP contribution is -1.97. The van der Waals surface area contributed by atoms with Gasteiger partial charge in [-0.3, -0.25) is 9.78 Å². The minimum atomic E-state index is -0.637. The van der Waals surface area contributed by atoms with Crippen LogP contribution in [0.2, 0.25) is 0 Å². The van der Waals surface area contributed by atoms with Crippen LogP contribution in [-0.4, -0.2) is 25.5 Å². The van der Waals surface area contributed by atoms with Gasteiger partial charge in [-0.2, -0.15) is 0 Å². The van der Waals surface area contributed by atoms with Crippen molar-refractivity contribution in [3.8, 4) is 5.88 Å². The highest BCUT2D eigenvalue weighted by atomic mass is 79.9. The zero-order valence-electron chi connectivity index (χ0n) is 12.4. The molecule has 0 radical (unpaired) electrons. The number of nitrogens with zero attached hydrogens (tertiary/aromatic N) is 5. The average Bonchev–Trinajstić information content (AvgIpc) is 2.85. The van der Waals surface area contributed by atoms with E-state index in [1.54, 1.807) is 16.7 Å². The van der Waals surface area contributed by atoms with Gasteiger partial charge in [0.2, 0.25) is 5.88 Å². The maximum Gasteiger partial charge on any atom is 0.315 e. The Morgan fingerprint density at radius 1 is 1.42 bits per heavy atom. The van der Waals surface area contributed by atoms with Crippen LogP contribution in [0.5, 0.6) is 5.88 Å². The maximum atomic E-state index is 12.0. The van der Waals surface area contributed by atoms with Gasteiger partial charge < -0.3 is 9.67 Å². The SMILES string of the molecule is C=CCn1c(O)c(N=NC(=O)c2cnccn2)c2cc(Br)ccc21. The molecule has 3 rings (SSSR count). The number of hydrogen-bond donors (Lipinski definition) is 1. The number of halogens is 1. The van der Waals surface area contributed by atoms with E-state index in [0.29, 0.717) is 11.9 Å². The summed E-state index contributed by atoms with van der Waals surface area (Å²) in [5.74, 6) is -0.721. The van der Waals surface area contributed by atoms with Gasteiger partial charge in [0.1, 0.15) is 5.69 Å². The van der Waals surface area contributed by atoms with E-state index in [9.17, 15) is 9.90 Å². The Hall–Kier alpha value is -2.87. The number of rotatable bonds is 4. The number of azo groups is 1. The van der Waals surface area contributed by atoms with Gasteiger partial charge >= 0.3 is 5.91 Å². The van der Waals surface area contributed by atoms with Crippen LogP contribution in [0.4, 0.5) is 5.69 Å². The second kappa shape index (κ2) is 6.71. The van der Waals surface area contributed by atoms with Crippen molar-refractivity contribution >= 4 is 38.4 Å². The smallest absolute Gasteiger partial charge is 0.315 e. The van der Waals surface area contributed by atoms with E-state index < -0.39 is 5.91 Å². The summed E-state index contributed by atoms with van der Waals surface area (Å²) in [7, 11) is 0. The Balaban J connectivity index is 2.07. The quantitative estimate of drug-likeness (QED) is 0.542. The standard InChI is InChI=1S/C16H12BrN5O2/c1-2-7-22-13-4-3-10(17)8-11(13)14(16(22)24)20-21-15(23)12-9-18-5-6-19-12/h2-6,8-9,24H,1,7H2. The molecule has 0 unspecified atom stereocenters. The normalized spacial score (nSPS) is 11.2. The minimum Gasteiger partial charge on any atom is -0.493 e. The van der Waals surface area contributed by atoms with Gasteiger partial charge in [-0.25, -0.2) is 4.98 Å². The predicted octanol–water partition coefficient (Wildman–Crippen LogP) is 4.01. The second-order valence-corrected chi connectivity index (χ2v) is 5.74. The highest BCUT2D eigenvalue weighted by molar-refractivity contribution is 9.10. The first-order chi connectivity index (χ1) is 11.6. The maximum absolute atomic E-state index is 12.0. The summed E-state index contributed by atoms with van der Waals surface area (Å²) < 4.78 is 2.46. The van der Waals surface area contributed by atoms with Crippen molar-refractivity contribution in [1.82, 2.24) is 14.5 Å². The number of allylic oxidation sites excluding steroid dienone is 1. The third-order valence-electron chi connectivity index (χ3n) is 3.31. The summed E-state index contributed by atoms with van der Waals surface area (Å²) in [5, 5.41) is 18.7. The highest BCUT2D eigenvalue weighted by Crippen LogP contribution is 2.40. The number of fused-ring (bicyclic) bond motifs is 1. The largest absolute Gasteiger partial charge is 0.493 e. The van der Waals surface area contributed by atoms with Crippen molar-refractivity contribution in [3.05, 3.63) is 59.6 Å². The third-order valence-corrected chi connectivity index (χ3v) is 3.80. The van der Waals surface area contributed by atoms with Gasteiger partial charge in [-0.05, 0) is 18.2 Å². The molecule has 2 aromatic heterocycles. The van der Waals surface area contributed by atoms with Crippen LogP contribution < -0.4 is 0 Å². The second-order valence-electron chi connectivity index (χ2n) is 4.83. The Morgan fingerprint density at radius 3 is 2.96 bits per heavy atom. The molecule has 120 valence electrons. The fraction of sp³-hybridized carbons (Fsp3) is 0.0625. The summed E-state index contributed by atoms with van der Waals surface area (Å²) in [4.78, 5) is 19.7. The summed E-state index contributed by atoms with van der Waals surface area (Å²) in [5.41, 5.74) is 1.05. The first kappa shape index (κ1) is 16.0. The third kappa shape index (κ3) is 2.95. The minimum absolute atomic E-state index is 0.0803. The fourth-order valence-corrected chi connectivity index (χ4v) is 2.63. The molecular weight excluding hydrogens is 374 g/mol. The van der Waals surface area contributed by atoms with Gasteiger partial charge in [0.25, 0.3) is 0 Å². The molecule has 24 heavy (non-hydrogen) atoms. The van der Waals surface area contributed by atoms with E-state index in [2.05, 4.69) is 42.7 Å². The Labute approximate surface area is 145 Å². The first-order valence-corrected chi connectivity index (χ1v) is 7.75. The molecule has 8 heteroatoms. The van der Waals surface area contributed by atoms with Crippen molar-refractivity contribution in [2.75, 3.05) is 0 Å². The first-order valence-electron chi connectivity index (χ1n) is 6.95. The molecule has 0 bridgehead atoms. The van der Waals surface area contributed by atoms with Crippen LogP contribution in [0.15, 0.2) is 64.1 Å². The van der Waals surface area contributed by atoms with E-state index >= 15 is 0 Å². The number of hydrogen-bond acceptors (Lipinski definition) is 5. The Kier molecular flexibility index (Phi) is 4.48. The molecule has 0 fully saturated rings. The van der Waals surface area contributed by atoms with Crippen molar-refractivity contribution in [3.63, 3.8) is 0 Å². The van der Waals surface area contributed by atoms with Crippen LogP contribution in [-0.2, 0) is 6.54 Å². The van der Waals surface area contributed by atoms with Crippen molar-refractivity contribution in [1.29, 1.82) is 0 Å². The number of amides is 1. The number of benzene rings is 1. The zero-order chi connectivity index (χ0) is 17.1. The van der Waals surface area contributed by atoms with E-state index in [1.165, 1.54) is 18.6 Å². The van der Waals surface area contributed by atoms with Gasteiger partial charge in [0, 0.05) is 28.8 Å². The molecular formula is C16H12BrN5O2. The Bertz CT molecular complexity index is 950. The molecule has 1 aromatic carbocycles. The highest BCUT2D eigenvalue weighted by Gasteiger charge is 2.17. The van der Waals surface area contributed by atoms with Gasteiger partial charge in [-0.1, -0.05) is 22.0 Å². The average molecular weight is 386 g/mol. The van der Waals surface area contributed by atoms with Gasteiger partial charge in [0.15, 0.2) is 5.69 Å².